The van der Waals surface area contributed by atoms with Crippen molar-refractivity contribution >= 4 is 35.5 Å². The van der Waals surface area contributed by atoms with Gasteiger partial charge in [0.15, 0.2) is 28.7 Å². The van der Waals surface area contributed by atoms with Gasteiger partial charge < -0.3 is 38.8 Å². The van der Waals surface area contributed by atoms with Crippen LogP contribution in [0.15, 0.2) is 42.5 Å². The number of amides is 1. The van der Waals surface area contributed by atoms with E-state index in [9.17, 15) is 20.0 Å². The Morgan fingerprint density at radius 2 is 1.20 bits per heavy atom. The maximum Gasteiger partial charge on any atom is 0.315 e. The smallest absolute Gasteiger partial charge is 0.315 e. The van der Waals surface area contributed by atoms with Gasteiger partial charge in [-0.1, -0.05) is 12.2 Å². The Morgan fingerprint density at radius 3 is 1.68 bits per heavy atom. The van der Waals surface area contributed by atoms with Crippen LogP contribution in [-0.2, 0) is 4.79 Å². The number of hydrogen-bond acceptors (Lipinski definition) is 10. The first kappa shape index (κ1) is 30.2. The molecule has 0 aliphatic heterocycles. The van der Waals surface area contributed by atoms with Crippen LogP contribution < -0.4 is 33.7 Å². The van der Waals surface area contributed by atoms with Gasteiger partial charge in [-0.15, -0.1) is 0 Å². The molecule has 3 aromatic rings. The molecule has 0 aliphatic rings. The fourth-order valence-electron chi connectivity index (χ4n) is 3.97. The van der Waals surface area contributed by atoms with E-state index in [4.69, 9.17) is 28.4 Å². The lowest BCUT2D eigenvalue weighted by molar-refractivity contribution is -0.385. The summed E-state index contributed by atoms with van der Waals surface area (Å²) < 4.78 is 31.7. The van der Waals surface area contributed by atoms with Crippen LogP contribution in [0.5, 0.6) is 40.2 Å². The molecule has 0 unspecified atom stereocenters. The van der Waals surface area contributed by atoms with Crippen LogP contribution in [0.4, 0.5) is 11.4 Å². The summed E-state index contributed by atoms with van der Waals surface area (Å²) >= 11 is 0. The van der Waals surface area contributed by atoms with Gasteiger partial charge >= 0.3 is 5.69 Å². The van der Waals surface area contributed by atoms with E-state index in [2.05, 4.69) is 5.32 Å². The molecule has 41 heavy (non-hydrogen) atoms. The third kappa shape index (κ3) is 6.98. The van der Waals surface area contributed by atoms with E-state index in [1.54, 1.807) is 30.4 Å². The van der Waals surface area contributed by atoms with Crippen LogP contribution in [0, 0.1) is 10.1 Å². The number of carbonyl (C=O) groups is 1. The second-order valence-electron chi connectivity index (χ2n) is 8.27. The predicted molar refractivity (Wildman–Crippen MR) is 154 cm³/mol. The molecule has 2 N–H and O–H groups in total. The summed E-state index contributed by atoms with van der Waals surface area (Å²) in [6, 6.07) is 9.35. The quantitative estimate of drug-likeness (QED) is 0.130. The van der Waals surface area contributed by atoms with Crippen molar-refractivity contribution in [3.05, 3.63) is 69.3 Å². The van der Waals surface area contributed by atoms with Crippen molar-refractivity contribution in [2.75, 3.05) is 48.0 Å². The minimum Gasteiger partial charge on any atom is -0.504 e. The molecule has 0 saturated heterocycles. The zero-order chi connectivity index (χ0) is 30.1. The Balaban J connectivity index is 1.89. The zero-order valence-corrected chi connectivity index (χ0v) is 23.3. The van der Waals surface area contributed by atoms with E-state index >= 15 is 0 Å². The summed E-state index contributed by atoms with van der Waals surface area (Å²) in [5.74, 6) is 0.788. The Kier molecular flexibility index (Phi) is 10.0. The highest BCUT2D eigenvalue weighted by molar-refractivity contribution is 6.03. The minimum absolute atomic E-state index is 0.0317. The number of hydrogen-bond donors (Lipinski definition) is 2. The summed E-state index contributed by atoms with van der Waals surface area (Å²) in [6.07, 6.45) is 6.04. The molecule has 0 radical (unpaired) electrons. The van der Waals surface area contributed by atoms with Gasteiger partial charge in [-0.05, 0) is 53.1 Å². The lowest BCUT2D eigenvalue weighted by Crippen LogP contribution is -2.09. The molecule has 12 heteroatoms. The molecule has 12 nitrogen and oxygen atoms in total. The van der Waals surface area contributed by atoms with E-state index in [0.29, 0.717) is 28.4 Å². The molecule has 1 amide bonds. The summed E-state index contributed by atoms with van der Waals surface area (Å²) in [6.45, 7) is 0. The summed E-state index contributed by atoms with van der Waals surface area (Å²) in [7, 11) is 8.55. The van der Waals surface area contributed by atoms with E-state index in [1.165, 1.54) is 73.0 Å². The molecule has 0 aromatic heterocycles. The fourth-order valence-corrected chi connectivity index (χ4v) is 3.97. The number of anilines is 1. The van der Waals surface area contributed by atoms with E-state index in [1.807, 2.05) is 0 Å². The lowest BCUT2D eigenvalue weighted by atomic mass is 10.1. The van der Waals surface area contributed by atoms with Gasteiger partial charge in [-0.3, -0.25) is 14.9 Å². The average molecular weight is 567 g/mol. The number of aromatic hydroxyl groups is 1. The van der Waals surface area contributed by atoms with Crippen molar-refractivity contribution in [3.8, 4) is 40.2 Å². The number of carbonyl (C=O) groups excluding carboxylic acids is 1. The van der Waals surface area contributed by atoms with E-state index < -0.39 is 10.8 Å². The second kappa shape index (κ2) is 13.6. The van der Waals surface area contributed by atoms with Gasteiger partial charge in [0.25, 0.3) is 0 Å². The maximum absolute atomic E-state index is 12.8. The van der Waals surface area contributed by atoms with Crippen molar-refractivity contribution in [1.82, 2.24) is 0 Å². The van der Waals surface area contributed by atoms with Crippen molar-refractivity contribution < 1.29 is 43.2 Å². The number of methoxy groups -OCH3 is 6. The van der Waals surface area contributed by atoms with E-state index in [-0.39, 0.29) is 34.4 Å². The number of phenolic OH excluding ortho intramolecular Hbond substituents is 1. The Bertz CT molecular complexity index is 1470. The number of nitrogens with one attached hydrogen (secondary N) is 1. The van der Waals surface area contributed by atoms with Crippen molar-refractivity contribution in [1.29, 1.82) is 0 Å². The highest BCUT2D eigenvalue weighted by Gasteiger charge is 2.21. The molecular weight excluding hydrogens is 536 g/mol. The molecule has 0 bridgehead atoms. The number of phenols is 1. The first-order chi connectivity index (χ1) is 19.7. The van der Waals surface area contributed by atoms with Gasteiger partial charge in [0.05, 0.1) is 53.3 Å². The number of benzene rings is 3. The fraction of sp³-hybridized carbons (Fsp3) is 0.207. The van der Waals surface area contributed by atoms with Crippen LogP contribution in [-0.4, -0.2) is 58.6 Å². The maximum atomic E-state index is 12.8. The van der Waals surface area contributed by atoms with Gasteiger partial charge in [0.1, 0.15) is 0 Å². The SMILES string of the molecule is COc1cc(C=Cc2cc(O)c(OC)c(NC(=O)/C=C/c3cc(OC)c(OC)c([N+](=O)[O-])c3)c2)cc(OC)c1OC. The normalized spacial score (nSPS) is 10.9. The van der Waals surface area contributed by atoms with Crippen LogP contribution in [0.25, 0.3) is 18.2 Å². The molecule has 0 atom stereocenters. The topological polar surface area (TPSA) is 148 Å². The van der Waals surface area contributed by atoms with Gasteiger partial charge in [0, 0.05) is 12.1 Å². The molecule has 0 fully saturated rings. The number of nitro benzene ring substituents is 1. The molecule has 216 valence electrons. The molecule has 3 rings (SSSR count). The number of ether oxygens (including phenoxy) is 6. The van der Waals surface area contributed by atoms with Crippen molar-refractivity contribution in [2.45, 2.75) is 0 Å². The molecule has 3 aromatic carbocycles. The predicted octanol–water partition coefficient (Wildman–Crippen LogP) is 5.17. The number of rotatable bonds is 12. The molecule has 0 aliphatic carbocycles. The first-order valence-corrected chi connectivity index (χ1v) is 12.0. The van der Waals surface area contributed by atoms with Gasteiger partial charge in [0.2, 0.25) is 17.4 Å². The zero-order valence-electron chi connectivity index (χ0n) is 23.3. The number of nitro groups is 1. The van der Waals surface area contributed by atoms with Crippen molar-refractivity contribution in [2.24, 2.45) is 0 Å². The standard InChI is InChI=1S/C29H30N2O10/c1-36-23-14-18(12-21(31(34)35)28(23)40-5)9-10-26(33)30-20-11-17(13-22(32)27(20)39-4)7-8-19-15-24(37-2)29(41-6)25(16-19)38-3/h7-16,32H,1-6H3,(H,30,33)/b8-7?,10-9+. The van der Waals surface area contributed by atoms with Crippen LogP contribution in [0.3, 0.4) is 0 Å². The van der Waals surface area contributed by atoms with Crippen molar-refractivity contribution in [3.63, 3.8) is 0 Å². The number of nitrogens with zero attached hydrogens (tertiary/aromatic N) is 1. The summed E-state index contributed by atoms with van der Waals surface area (Å²) in [5, 5.41) is 24.7. The highest BCUT2D eigenvalue weighted by atomic mass is 16.6. The first-order valence-electron chi connectivity index (χ1n) is 12.0. The third-order valence-electron chi connectivity index (χ3n) is 5.81. The lowest BCUT2D eigenvalue weighted by Gasteiger charge is -2.13. The second-order valence-corrected chi connectivity index (χ2v) is 8.27. The highest BCUT2D eigenvalue weighted by Crippen LogP contribution is 2.40. The molecule has 0 heterocycles. The Hall–Kier alpha value is -5.39. The van der Waals surface area contributed by atoms with E-state index in [0.717, 1.165) is 5.56 Å². The minimum atomic E-state index is -0.608. The van der Waals surface area contributed by atoms with Crippen LogP contribution in [0.1, 0.15) is 16.7 Å². The summed E-state index contributed by atoms with van der Waals surface area (Å²) in [5.41, 5.74) is 1.50. The van der Waals surface area contributed by atoms with Crippen LogP contribution in [0.2, 0.25) is 0 Å². The monoisotopic (exact) mass is 566 g/mol. The molecule has 0 spiro atoms. The largest absolute Gasteiger partial charge is 0.504 e. The van der Waals surface area contributed by atoms with Gasteiger partial charge in [-0.25, -0.2) is 0 Å². The molecular formula is C29H30N2O10. The van der Waals surface area contributed by atoms with Gasteiger partial charge in [-0.2, -0.15) is 0 Å². The average Bonchev–Trinajstić information content (AvgIpc) is 2.97. The Morgan fingerprint density at radius 1 is 0.707 bits per heavy atom. The summed E-state index contributed by atoms with van der Waals surface area (Å²) in [4.78, 5) is 23.6. The third-order valence-corrected chi connectivity index (χ3v) is 5.81. The van der Waals surface area contributed by atoms with Crippen LogP contribution >= 0.6 is 0 Å². The molecule has 0 saturated carbocycles. The Labute approximate surface area is 236 Å².